The van der Waals surface area contributed by atoms with Gasteiger partial charge in [0.25, 0.3) is 0 Å². The van der Waals surface area contributed by atoms with Gasteiger partial charge in [-0.1, -0.05) is 6.92 Å². The van der Waals surface area contributed by atoms with Gasteiger partial charge in [-0.2, -0.15) is 10.2 Å². The molecule has 0 bridgehead atoms. The SMILES string of the molecule is CCC1c2nn(C)c(-c3cc(F)c(F)c(F)c3)c2CC(CO)N1OC. The molecule has 1 aliphatic heterocycles. The summed E-state index contributed by atoms with van der Waals surface area (Å²) in [7, 11) is 3.20. The van der Waals surface area contributed by atoms with Crippen LogP contribution in [0, 0.1) is 17.5 Å². The Labute approximate surface area is 143 Å². The Balaban J connectivity index is 2.18. The fourth-order valence-electron chi connectivity index (χ4n) is 3.61. The zero-order chi connectivity index (χ0) is 18.3. The molecule has 0 amide bonds. The Kier molecular flexibility index (Phi) is 4.86. The van der Waals surface area contributed by atoms with Gasteiger partial charge in [-0.15, -0.1) is 0 Å². The largest absolute Gasteiger partial charge is 0.395 e. The number of aliphatic hydroxyl groups excluding tert-OH is 1. The van der Waals surface area contributed by atoms with Gasteiger partial charge < -0.3 is 9.94 Å². The first-order valence-electron chi connectivity index (χ1n) is 8.06. The zero-order valence-electron chi connectivity index (χ0n) is 14.3. The molecule has 2 aromatic rings. The quantitative estimate of drug-likeness (QED) is 0.857. The van der Waals surface area contributed by atoms with Crippen molar-refractivity contribution in [3.05, 3.63) is 40.8 Å². The standard InChI is InChI=1S/C17H20F3N3O2/c1-4-14-16-11(7-10(8-24)23(14)25-3)17(22(2)21-16)9-5-12(18)15(20)13(19)6-9/h5-6,10,14,24H,4,7-8H2,1-3H3. The van der Waals surface area contributed by atoms with Gasteiger partial charge in [-0.05, 0) is 25.0 Å². The van der Waals surface area contributed by atoms with Crippen LogP contribution >= 0.6 is 0 Å². The van der Waals surface area contributed by atoms with Crippen LogP contribution in [0.2, 0.25) is 0 Å². The molecule has 1 aliphatic rings. The number of aryl methyl sites for hydroxylation is 1. The van der Waals surface area contributed by atoms with Crippen LogP contribution in [0.25, 0.3) is 11.3 Å². The number of nitrogens with zero attached hydrogens (tertiary/aromatic N) is 3. The molecule has 2 atom stereocenters. The molecule has 0 saturated carbocycles. The van der Waals surface area contributed by atoms with E-state index in [4.69, 9.17) is 4.84 Å². The van der Waals surface area contributed by atoms with E-state index in [0.29, 0.717) is 18.5 Å². The molecule has 136 valence electrons. The van der Waals surface area contributed by atoms with Crippen LogP contribution in [-0.4, -0.2) is 39.7 Å². The van der Waals surface area contributed by atoms with Crippen LogP contribution in [-0.2, 0) is 18.3 Å². The summed E-state index contributed by atoms with van der Waals surface area (Å²) in [6, 6.07) is 1.43. The summed E-state index contributed by atoms with van der Waals surface area (Å²) in [5, 5.41) is 15.9. The normalized spacial score (nSPS) is 20.8. The Bertz CT molecular complexity index is 771. The number of aliphatic hydroxyl groups is 1. The van der Waals surface area contributed by atoms with Crippen LogP contribution in [0.4, 0.5) is 13.2 Å². The van der Waals surface area contributed by atoms with Crippen LogP contribution in [0.1, 0.15) is 30.6 Å². The third kappa shape index (κ3) is 2.84. The summed E-state index contributed by atoms with van der Waals surface area (Å²) in [6.07, 6.45) is 1.08. The summed E-state index contributed by atoms with van der Waals surface area (Å²) >= 11 is 0. The van der Waals surface area contributed by atoms with Gasteiger partial charge in [0.15, 0.2) is 17.5 Å². The highest BCUT2D eigenvalue weighted by molar-refractivity contribution is 5.66. The maximum Gasteiger partial charge on any atom is 0.194 e. The molecule has 5 nitrogen and oxygen atoms in total. The molecular weight excluding hydrogens is 335 g/mol. The van der Waals surface area contributed by atoms with Crippen molar-refractivity contribution in [2.45, 2.75) is 31.8 Å². The number of hydroxylamine groups is 2. The van der Waals surface area contributed by atoms with E-state index in [-0.39, 0.29) is 24.3 Å². The molecule has 0 radical (unpaired) electrons. The summed E-state index contributed by atoms with van der Waals surface area (Å²) in [6.45, 7) is 1.83. The molecule has 1 aromatic heterocycles. The van der Waals surface area contributed by atoms with Crippen LogP contribution < -0.4 is 0 Å². The second-order valence-corrected chi connectivity index (χ2v) is 6.10. The minimum atomic E-state index is -1.50. The first-order valence-corrected chi connectivity index (χ1v) is 8.06. The second kappa shape index (κ2) is 6.78. The number of fused-ring (bicyclic) bond motifs is 1. The Morgan fingerprint density at radius 3 is 2.44 bits per heavy atom. The molecule has 2 unspecified atom stereocenters. The molecule has 0 aliphatic carbocycles. The lowest BCUT2D eigenvalue weighted by Crippen LogP contribution is -2.45. The molecule has 0 saturated heterocycles. The predicted octanol–water partition coefficient (Wildman–Crippen LogP) is 2.74. The van der Waals surface area contributed by atoms with Crippen LogP contribution in [0.3, 0.4) is 0 Å². The first kappa shape index (κ1) is 17.9. The van der Waals surface area contributed by atoms with Gasteiger partial charge in [-0.3, -0.25) is 4.68 Å². The summed E-state index contributed by atoms with van der Waals surface area (Å²) < 4.78 is 42.2. The molecule has 0 spiro atoms. The van der Waals surface area contributed by atoms with Gasteiger partial charge in [0.05, 0.1) is 37.2 Å². The van der Waals surface area contributed by atoms with Crippen molar-refractivity contribution < 1.29 is 23.1 Å². The van der Waals surface area contributed by atoms with Crippen LogP contribution in [0.5, 0.6) is 0 Å². The molecule has 1 N–H and O–H groups in total. The van der Waals surface area contributed by atoms with Crippen molar-refractivity contribution in [3.8, 4) is 11.3 Å². The number of hydrogen-bond donors (Lipinski definition) is 1. The highest BCUT2D eigenvalue weighted by Crippen LogP contribution is 2.39. The third-order valence-corrected chi connectivity index (χ3v) is 4.66. The van der Waals surface area contributed by atoms with E-state index in [0.717, 1.165) is 23.4 Å². The lowest BCUT2D eigenvalue weighted by molar-refractivity contribution is -0.206. The van der Waals surface area contributed by atoms with Crippen molar-refractivity contribution in [3.63, 3.8) is 0 Å². The zero-order valence-corrected chi connectivity index (χ0v) is 14.3. The molecule has 25 heavy (non-hydrogen) atoms. The number of rotatable bonds is 4. The summed E-state index contributed by atoms with van der Waals surface area (Å²) in [5.41, 5.74) is 2.24. The van der Waals surface area contributed by atoms with Crippen molar-refractivity contribution in [2.24, 2.45) is 7.05 Å². The van der Waals surface area contributed by atoms with Gasteiger partial charge in [0, 0.05) is 18.2 Å². The van der Waals surface area contributed by atoms with E-state index in [1.54, 1.807) is 12.1 Å². The summed E-state index contributed by atoms with van der Waals surface area (Å²) in [4.78, 5) is 5.42. The molecule has 2 heterocycles. The smallest absolute Gasteiger partial charge is 0.194 e. The number of benzene rings is 1. The van der Waals surface area contributed by atoms with E-state index in [1.165, 1.54) is 11.8 Å². The third-order valence-electron chi connectivity index (χ3n) is 4.66. The van der Waals surface area contributed by atoms with Crippen molar-refractivity contribution in [1.29, 1.82) is 0 Å². The van der Waals surface area contributed by atoms with Crippen LogP contribution in [0.15, 0.2) is 12.1 Å². The Morgan fingerprint density at radius 2 is 1.92 bits per heavy atom. The maximum atomic E-state index is 13.7. The topological polar surface area (TPSA) is 50.5 Å². The number of hydrogen-bond acceptors (Lipinski definition) is 4. The number of aromatic nitrogens is 2. The van der Waals surface area contributed by atoms with Gasteiger partial charge in [-0.25, -0.2) is 13.2 Å². The number of halogens is 3. The average molecular weight is 355 g/mol. The van der Waals surface area contributed by atoms with Gasteiger partial charge in [0.1, 0.15) is 0 Å². The average Bonchev–Trinajstić information content (AvgIpc) is 2.92. The van der Waals surface area contributed by atoms with E-state index in [2.05, 4.69) is 5.10 Å². The van der Waals surface area contributed by atoms with Gasteiger partial charge in [0.2, 0.25) is 0 Å². The van der Waals surface area contributed by atoms with Crippen molar-refractivity contribution in [2.75, 3.05) is 13.7 Å². The molecule has 8 heteroatoms. The van der Waals surface area contributed by atoms with E-state index < -0.39 is 17.5 Å². The summed E-state index contributed by atoms with van der Waals surface area (Å²) in [5.74, 6) is -3.99. The molecule has 1 aromatic carbocycles. The Hall–Kier alpha value is -1.90. The Morgan fingerprint density at radius 1 is 1.28 bits per heavy atom. The fourth-order valence-corrected chi connectivity index (χ4v) is 3.61. The minimum absolute atomic E-state index is 0.135. The van der Waals surface area contributed by atoms with E-state index in [1.807, 2.05) is 6.92 Å². The maximum absolute atomic E-state index is 13.7. The van der Waals surface area contributed by atoms with Crippen molar-refractivity contribution >= 4 is 0 Å². The predicted molar refractivity (Wildman–Crippen MR) is 85.0 cm³/mol. The minimum Gasteiger partial charge on any atom is -0.395 e. The highest BCUT2D eigenvalue weighted by Gasteiger charge is 2.38. The molecule has 3 rings (SSSR count). The van der Waals surface area contributed by atoms with E-state index in [9.17, 15) is 18.3 Å². The molecular formula is C17H20F3N3O2. The lowest BCUT2D eigenvalue weighted by Gasteiger charge is -2.38. The van der Waals surface area contributed by atoms with E-state index >= 15 is 0 Å². The highest BCUT2D eigenvalue weighted by atomic mass is 19.2. The second-order valence-electron chi connectivity index (χ2n) is 6.10. The molecule has 0 fully saturated rings. The lowest BCUT2D eigenvalue weighted by atomic mass is 9.90. The fraction of sp³-hybridized carbons (Fsp3) is 0.471. The monoisotopic (exact) mass is 355 g/mol. The first-order chi connectivity index (χ1) is 11.9. The van der Waals surface area contributed by atoms with Crippen molar-refractivity contribution in [1.82, 2.24) is 14.8 Å². The van der Waals surface area contributed by atoms with Gasteiger partial charge >= 0.3 is 0 Å².